The summed E-state index contributed by atoms with van der Waals surface area (Å²) in [5, 5.41) is 1.91. The van der Waals surface area contributed by atoms with Crippen LogP contribution in [0.5, 0.6) is 0 Å². The highest BCUT2D eigenvalue weighted by atomic mass is 32.2. The number of carbonyl (C=O) groups excluding carboxylic acids is 3. The van der Waals surface area contributed by atoms with Crippen LogP contribution in [0.2, 0.25) is 0 Å². The van der Waals surface area contributed by atoms with Crippen LogP contribution in [0, 0.1) is 0 Å². The lowest BCUT2D eigenvalue weighted by atomic mass is 9.96. The summed E-state index contributed by atoms with van der Waals surface area (Å²) in [4.78, 5) is 44.8. The van der Waals surface area contributed by atoms with E-state index in [-0.39, 0.29) is 18.2 Å². The van der Waals surface area contributed by atoms with Crippen molar-refractivity contribution in [3.05, 3.63) is 30.1 Å². The quantitative estimate of drug-likeness (QED) is 0.676. The van der Waals surface area contributed by atoms with Crippen LogP contribution in [0.4, 0.5) is 0 Å². The van der Waals surface area contributed by atoms with Crippen LogP contribution in [-0.4, -0.2) is 69.7 Å². The molecule has 3 saturated heterocycles. The topological polar surface area (TPSA) is 117 Å². The molecule has 3 aliphatic rings. The number of hydrogen-bond acceptors (Lipinski definition) is 6. The average molecular weight is 420 g/mol. The lowest BCUT2D eigenvalue weighted by Crippen LogP contribution is -2.61. The van der Waals surface area contributed by atoms with Crippen molar-refractivity contribution in [2.45, 2.75) is 61.9 Å². The van der Waals surface area contributed by atoms with Crippen LogP contribution < -0.4 is 5.32 Å². The Kier molecular flexibility index (Phi) is 4.64. The largest absolute Gasteiger partial charge is 0.350 e. The van der Waals surface area contributed by atoms with E-state index in [0.717, 1.165) is 5.56 Å². The molecule has 9 nitrogen and oxygen atoms in total. The Morgan fingerprint density at radius 2 is 1.97 bits per heavy atom. The van der Waals surface area contributed by atoms with E-state index in [0.29, 0.717) is 25.9 Å². The van der Waals surface area contributed by atoms with Crippen molar-refractivity contribution in [3.8, 4) is 0 Å². The van der Waals surface area contributed by atoms with Gasteiger partial charge in [0.25, 0.3) is 0 Å². The van der Waals surface area contributed by atoms with Crippen molar-refractivity contribution in [2.75, 3.05) is 6.54 Å². The zero-order valence-corrected chi connectivity index (χ0v) is 17.2. The molecule has 3 atom stereocenters. The Hall–Kier alpha value is -2.49. The molecule has 3 amide bonds. The summed E-state index contributed by atoms with van der Waals surface area (Å²) in [5.74, 6) is -1.08. The number of nitrogens with zero attached hydrogens (tertiary/aromatic N) is 3. The molecule has 1 aromatic heterocycles. The summed E-state index contributed by atoms with van der Waals surface area (Å²) in [6, 6.07) is 1.82. The van der Waals surface area contributed by atoms with Crippen molar-refractivity contribution in [1.82, 2.24) is 20.1 Å². The van der Waals surface area contributed by atoms with Gasteiger partial charge in [0.15, 0.2) is 9.84 Å². The third kappa shape index (κ3) is 2.92. The van der Waals surface area contributed by atoms with Crippen molar-refractivity contribution < 1.29 is 22.8 Å². The zero-order chi connectivity index (χ0) is 21.0. The first kappa shape index (κ1) is 19.8. The second kappa shape index (κ2) is 6.79. The van der Waals surface area contributed by atoms with Gasteiger partial charge in [0, 0.05) is 25.5 Å². The van der Waals surface area contributed by atoms with E-state index in [9.17, 15) is 22.8 Å². The van der Waals surface area contributed by atoms with Crippen molar-refractivity contribution in [2.24, 2.45) is 0 Å². The summed E-state index contributed by atoms with van der Waals surface area (Å²) < 4.78 is 24.2. The number of nitrogens with one attached hydrogen (secondary N) is 1. The number of likely N-dealkylation sites (tertiary alicyclic amines) is 1. The number of hydrogen-bond donors (Lipinski definition) is 1. The molecule has 4 rings (SSSR count). The minimum absolute atomic E-state index is 0.0780. The summed E-state index contributed by atoms with van der Waals surface area (Å²) >= 11 is 0. The molecule has 3 unspecified atom stereocenters. The highest BCUT2D eigenvalue weighted by Gasteiger charge is 2.68. The smallest absolute Gasteiger partial charge is 0.247 e. The number of pyridine rings is 1. The molecular weight excluding hydrogens is 396 g/mol. The predicted molar refractivity (Wildman–Crippen MR) is 103 cm³/mol. The molecule has 0 aliphatic carbocycles. The fraction of sp³-hybridized carbons (Fsp3) is 0.579. The van der Waals surface area contributed by atoms with Gasteiger partial charge in [-0.25, -0.2) is 8.42 Å². The first-order chi connectivity index (χ1) is 13.7. The Morgan fingerprint density at radius 1 is 1.28 bits per heavy atom. The maximum atomic E-state index is 13.4. The first-order valence-electron chi connectivity index (χ1n) is 9.68. The molecule has 29 heavy (non-hydrogen) atoms. The molecular formula is C19H24N4O5S. The van der Waals surface area contributed by atoms with Crippen LogP contribution >= 0.6 is 0 Å². The molecule has 0 spiro atoms. The summed E-state index contributed by atoms with van der Waals surface area (Å²) in [6.45, 7) is 3.66. The molecule has 1 aromatic rings. The average Bonchev–Trinajstić information content (AvgIpc) is 3.21. The van der Waals surface area contributed by atoms with Gasteiger partial charge in [-0.2, -0.15) is 0 Å². The summed E-state index contributed by atoms with van der Waals surface area (Å²) in [6.07, 6.45) is 4.35. The first-order valence-corrected chi connectivity index (χ1v) is 11.2. The highest BCUT2D eigenvalue weighted by molar-refractivity contribution is 7.93. The van der Waals surface area contributed by atoms with Crippen LogP contribution in [0.15, 0.2) is 24.5 Å². The maximum absolute atomic E-state index is 13.4. The van der Waals surface area contributed by atoms with Crippen molar-refractivity contribution in [1.29, 1.82) is 0 Å². The lowest BCUT2D eigenvalue weighted by molar-refractivity contribution is -0.155. The minimum Gasteiger partial charge on any atom is -0.350 e. The Morgan fingerprint density at radius 3 is 2.62 bits per heavy atom. The number of carbonyl (C=O) groups is 3. The van der Waals surface area contributed by atoms with E-state index in [1.165, 1.54) is 23.6 Å². The molecule has 0 bridgehead atoms. The van der Waals surface area contributed by atoms with Crippen molar-refractivity contribution >= 4 is 27.6 Å². The van der Waals surface area contributed by atoms with Crippen LogP contribution in [-0.2, 0) is 30.8 Å². The third-order valence-electron chi connectivity index (χ3n) is 6.26. The van der Waals surface area contributed by atoms with Crippen LogP contribution in [0.25, 0.3) is 0 Å². The van der Waals surface area contributed by atoms with E-state index < -0.39 is 37.9 Å². The van der Waals surface area contributed by atoms with Crippen molar-refractivity contribution in [3.63, 3.8) is 0 Å². The normalized spacial score (nSPS) is 29.3. The fourth-order valence-electron chi connectivity index (χ4n) is 4.50. The summed E-state index contributed by atoms with van der Waals surface area (Å²) in [7, 11) is -3.66. The molecule has 3 aliphatic heterocycles. The van der Waals surface area contributed by atoms with Gasteiger partial charge in [-0.1, -0.05) is 0 Å². The Labute approximate surface area is 169 Å². The second-order valence-corrected chi connectivity index (χ2v) is 11.0. The van der Waals surface area contributed by atoms with Crippen LogP contribution in [0.1, 0.15) is 38.7 Å². The van der Waals surface area contributed by atoms with Gasteiger partial charge in [0.1, 0.15) is 17.5 Å². The number of β-lactam (4-membered cyclic amide) rings is 1. The van der Waals surface area contributed by atoms with Gasteiger partial charge >= 0.3 is 0 Å². The molecule has 156 valence electrons. The number of fused-ring (bicyclic) bond motifs is 1. The zero-order valence-electron chi connectivity index (χ0n) is 16.4. The number of sulfone groups is 1. The van der Waals surface area contributed by atoms with Gasteiger partial charge in [-0.05, 0) is 44.4 Å². The Balaban J connectivity index is 1.52. The fourth-order valence-corrected chi connectivity index (χ4v) is 6.62. The maximum Gasteiger partial charge on any atom is 0.247 e. The number of amides is 3. The Bertz CT molecular complexity index is 962. The predicted octanol–water partition coefficient (Wildman–Crippen LogP) is -0.177. The molecule has 0 radical (unpaired) electrons. The van der Waals surface area contributed by atoms with E-state index in [1.807, 2.05) is 0 Å². The van der Waals surface area contributed by atoms with E-state index in [2.05, 4.69) is 10.3 Å². The van der Waals surface area contributed by atoms with E-state index in [4.69, 9.17) is 0 Å². The molecule has 3 fully saturated rings. The lowest BCUT2D eigenvalue weighted by Gasteiger charge is -2.39. The molecule has 4 heterocycles. The molecule has 0 aromatic carbocycles. The summed E-state index contributed by atoms with van der Waals surface area (Å²) in [5.41, 5.74) is 0.890. The molecule has 1 N–H and O–H groups in total. The third-order valence-corrected chi connectivity index (χ3v) is 9.06. The number of aromatic nitrogens is 1. The minimum atomic E-state index is -3.66. The SMILES string of the molecule is CC1(C)C(C(=O)N2CCCC2C(=O)NCc2ccncc2)N2C(=O)CC2S1(=O)=O. The van der Waals surface area contributed by atoms with Gasteiger partial charge in [0.2, 0.25) is 17.7 Å². The number of rotatable bonds is 4. The van der Waals surface area contributed by atoms with E-state index in [1.54, 1.807) is 24.5 Å². The van der Waals surface area contributed by atoms with Gasteiger partial charge < -0.3 is 15.1 Å². The van der Waals surface area contributed by atoms with Gasteiger partial charge in [0.05, 0.1) is 11.2 Å². The second-order valence-electron chi connectivity index (χ2n) is 8.27. The van der Waals surface area contributed by atoms with Gasteiger partial charge in [-0.15, -0.1) is 0 Å². The van der Waals surface area contributed by atoms with Crippen LogP contribution in [0.3, 0.4) is 0 Å². The molecule has 10 heteroatoms. The standard InChI is InChI=1S/C19H24N4O5S/c1-19(2)16(23-14(24)10-15(23)29(19,27)28)18(26)22-9-3-4-13(22)17(25)21-11-12-5-7-20-8-6-12/h5-8,13,15-16H,3-4,9-11H2,1-2H3,(H,21,25). The molecule has 0 saturated carbocycles. The van der Waals surface area contributed by atoms with E-state index >= 15 is 0 Å². The highest BCUT2D eigenvalue weighted by Crippen LogP contribution is 2.46. The van der Waals surface area contributed by atoms with Gasteiger partial charge in [-0.3, -0.25) is 19.4 Å². The monoisotopic (exact) mass is 420 g/mol.